The molecule has 0 aromatic heterocycles. The first-order valence-corrected chi connectivity index (χ1v) is 10.4. The van der Waals surface area contributed by atoms with Crippen molar-refractivity contribution in [3.05, 3.63) is 57.6 Å². The molecule has 2 unspecified atom stereocenters. The molecule has 2 rings (SSSR count). The predicted molar refractivity (Wildman–Crippen MR) is 116 cm³/mol. The summed E-state index contributed by atoms with van der Waals surface area (Å²) in [6.45, 7) is 3.68. The number of hydrogen-bond acceptors (Lipinski definition) is 5. The number of benzene rings is 2. The summed E-state index contributed by atoms with van der Waals surface area (Å²) in [4.78, 5) is 0. The Labute approximate surface area is 185 Å². The van der Waals surface area contributed by atoms with E-state index in [1.165, 1.54) is 0 Å². The maximum atomic E-state index is 9.49. The van der Waals surface area contributed by atoms with Crippen LogP contribution < -0.4 is 9.47 Å². The van der Waals surface area contributed by atoms with Crippen LogP contribution in [0.15, 0.2) is 36.4 Å². The van der Waals surface area contributed by atoms with Crippen LogP contribution in [0.3, 0.4) is 0 Å². The van der Waals surface area contributed by atoms with Crippen LogP contribution in [0.4, 0.5) is 0 Å². The zero-order valence-electron chi connectivity index (χ0n) is 16.2. The molecule has 29 heavy (non-hydrogen) atoms. The van der Waals surface area contributed by atoms with E-state index in [1.807, 2.05) is 38.1 Å². The molecule has 0 saturated heterocycles. The topological polar surface area (TPSA) is 79.2 Å². The van der Waals surface area contributed by atoms with E-state index in [0.29, 0.717) is 15.8 Å². The molecule has 2 atom stereocenters. The number of hydrogen-bond donors (Lipinski definition) is 3. The van der Waals surface area contributed by atoms with Gasteiger partial charge in [-0.1, -0.05) is 49.2 Å². The maximum Gasteiger partial charge on any atom is 0.156 e. The van der Waals surface area contributed by atoms with Crippen LogP contribution in [0.2, 0.25) is 10.0 Å². The van der Waals surface area contributed by atoms with Crippen LogP contribution in [0.5, 0.6) is 11.5 Å². The van der Waals surface area contributed by atoms with Crippen molar-refractivity contribution in [3.8, 4) is 11.5 Å². The van der Waals surface area contributed by atoms with Crippen molar-refractivity contribution in [3.63, 3.8) is 0 Å². The van der Waals surface area contributed by atoms with Gasteiger partial charge in [0.05, 0.1) is 22.5 Å². The van der Waals surface area contributed by atoms with Crippen molar-refractivity contribution in [1.82, 2.24) is 0 Å². The van der Waals surface area contributed by atoms with E-state index >= 15 is 0 Å². The summed E-state index contributed by atoms with van der Waals surface area (Å²) in [5, 5.41) is 28.5. The number of aliphatic hydroxyl groups excluding tert-OH is 3. The molecule has 0 aliphatic carbocycles. The minimum Gasteiger partial charge on any atom is -0.491 e. The Morgan fingerprint density at radius 3 is 1.97 bits per heavy atom. The quantitative estimate of drug-likeness (QED) is 0.464. The molecule has 8 heteroatoms. The first-order valence-electron chi connectivity index (χ1n) is 9.07. The first-order chi connectivity index (χ1) is 13.7. The van der Waals surface area contributed by atoms with Crippen LogP contribution in [0.1, 0.15) is 25.0 Å². The molecule has 0 radical (unpaired) electrons. The molecule has 3 N–H and O–H groups in total. The van der Waals surface area contributed by atoms with Crippen molar-refractivity contribution in [2.45, 2.75) is 31.5 Å². The van der Waals surface area contributed by atoms with Crippen LogP contribution in [-0.4, -0.2) is 53.2 Å². The zero-order valence-corrected chi connectivity index (χ0v) is 18.5. The number of halogens is 3. The smallest absolute Gasteiger partial charge is 0.156 e. The summed E-state index contributed by atoms with van der Waals surface area (Å²) in [5.41, 5.74) is 1.48. The Morgan fingerprint density at radius 2 is 1.45 bits per heavy atom. The monoisotopic (exact) mass is 462 g/mol. The lowest BCUT2D eigenvalue weighted by molar-refractivity contribution is 0.0536. The van der Waals surface area contributed by atoms with Crippen LogP contribution in [-0.2, 0) is 5.41 Å². The Balaban J connectivity index is 2.19. The summed E-state index contributed by atoms with van der Waals surface area (Å²) in [6, 6.07) is 11.1. The van der Waals surface area contributed by atoms with E-state index in [1.54, 1.807) is 12.1 Å². The summed E-state index contributed by atoms with van der Waals surface area (Å²) >= 11 is 18.3. The highest BCUT2D eigenvalue weighted by atomic mass is 35.5. The fourth-order valence-corrected chi connectivity index (χ4v) is 3.35. The summed E-state index contributed by atoms with van der Waals surface area (Å²) < 4.78 is 11.0. The van der Waals surface area contributed by atoms with Gasteiger partial charge in [0.25, 0.3) is 0 Å². The SMILES string of the molecule is CC(C)(c1ccc(OCC(O)CCl)cc1)c1cc(Cl)c(OCC(O)CO)c(Cl)c1. The number of aliphatic hydroxyl groups is 3. The van der Waals surface area contributed by atoms with E-state index in [9.17, 15) is 10.2 Å². The van der Waals surface area contributed by atoms with Gasteiger partial charge in [0.15, 0.2) is 5.75 Å². The molecule has 0 spiro atoms. The highest BCUT2D eigenvalue weighted by Gasteiger charge is 2.26. The predicted octanol–water partition coefficient (Wildman–Crippen LogP) is 4.03. The van der Waals surface area contributed by atoms with Crippen molar-refractivity contribution in [2.75, 3.05) is 25.7 Å². The van der Waals surface area contributed by atoms with Gasteiger partial charge in [-0.2, -0.15) is 0 Å². The highest BCUT2D eigenvalue weighted by Crippen LogP contribution is 2.40. The molecule has 5 nitrogen and oxygen atoms in total. The van der Waals surface area contributed by atoms with Gasteiger partial charge in [-0.3, -0.25) is 0 Å². The Morgan fingerprint density at radius 1 is 0.897 bits per heavy atom. The fourth-order valence-electron chi connectivity index (χ4n) is 2.66. The molecular weight excluding hydrogens is 439 g/mol. The molecule has 160 valence electrons. The number of ether oxygens (including phenoxy) is 2. The van der Waals surface area contributed by atoms with Crippen molar-refractivity contribution in [1.29, 1.82) is 0 Å². The van der Waals surface area contributed by atoms with E-state index in [-0.39, 0.29) is 24.8 Å². The summed E-state index contributed by atoms with van der Waals surface area (Å²) in [5.74, 6) is 1.02. The summed E-state index contributed by atoms with van der Waals surface area (Å²) in [6.07, 6.45) is -1.72. The molecule has 0 aliphatic heterocycles. The van der Waals surface area contributed by atoms with Gasteiger partial charge in [-0.25, -0.2) is 0 Å². The molecule has 0 saturated carbocycles. The highest BCUT2D eigenvalue weighted by molar-refractivity contribution is 6.37. The third-order valence-electron chi connectivity index (χ3n) is 4.55. The molecule has 2 aromatic rings. The fraction of sp³-hybridized carbons (Fsp3) is 0.429. The van der Waals surface area contributed by atoms with Crippen LogP contribution in [0, 0.1) is 0 Å². The third kappa shape index (κ3) is 6.38. The molecule has 0 bridgehead atoms. The van der Waals surface area contributed by atoms with Crippen molar-refractivity contribution < 1.29 is 24.8 Å². The van der Waals surface area contributed by atoms with Gasteiger partial charge in [0, 0.05) is 5.41 Å². The lowest BCUT2D eigenvalue weighted by atomic mass is 9.78. The van der Waals surface area contributed by atoms with Crippen molar-refractivity contribution >= 4 is 34.8 Å². The van der Waals surface area contributed by atoms with Crippen LogP contribution >= 0.6 is 34.8 Å². The van der Waals surface area contributed by atoms with Gasteiger partial charge < -0.3 is 24.8 Å². The average Bonchev–Trinajstić information content (AvgIpc) is 2.71. The largest absolute Gasteiger partial charge is 0.491 e. The Bertz CT molecular complexity index is 772. The van der Waals surface area contributed by atoms with Gasteiger partial charge in [0.1, 0.15) is 31.2 Å². The standard InChI is InChI=1S/C21H25Cl3O5/c1-21(2,13-3-5-17(6-4-13)28-11-15(26)9-22)14-7-18(23)20(19(24)8-14)29-12-16(27)10-25/h3-8,15-16,25-27H,9-12H2,1-2H3. The van der Waals surface area contributed by atoms with E-state index < -0.39 is 24.2 Å². The van der Waals surface area contributed by atoms with Crippen molar-refractivity contribution in [2.24, 2.45) is 0 Å². The second-order valence-electron chi connectivity index (χ2n) is 7.18. The summed E-state index contributed by atoms with van der Waals surface area (Å²) in [7, 11) is 0. The molecule has 0 heterocycles. The van der Waals surface area contributed by atoms with Gasteiger partial charge >= 0.3 is 0 Å². The van der Waals surface area contributed by atoms with Gasteiger partial charge in [-0.05, 0) is 35.4 Å². The zero-order chi connectivity index (χ0) is 21.6. The molecule has 0 aliphatic rings. The maximum absolute atomic E-state index is 9.49. The minimum atomic E-state index is -1.01. The van der Waals surface area contributed by atoms with Gasteiger partial charge in [0.2, 0.25) is 0 Å². The average molecular weight is 464 g/mol. The molecular formula is C21H25Cl3O5. The lowest BCUT2D eigenvalue weighted by Gasteiger charge is -2.27. The van der Waals surface area contributed by atoms with E-state index in [0.717, 1.165) is 11.1 Å². The molecule has 0 fully saturated rings. The van der Waals surface area contributed by atoms with E-state index in [2.05, 4.69) is 0 Å². The normalized spacial score (nSPS) is 13.8. The van der Waals surface area contributed by atoms with Gasteiger partial charge in [-0.15, -0.1) is 11.6 Å². The molecule has 2 aromatic carbocycles. The molecule has 0 amide bonds. The third-order valence-corrected chi connectivity index (χ3v) is 5.47. The second-order valence-corrected chi connectivity index (χ2v) is 8.31. The number of rotatable bonds is 10. The lowest BCUT2D eigenvalue weighted by Crippen LogP contribution is -2.22. The number of alkyl halides is 1. The Hall–Kier alpha value is -1.21. The first kappa shape index (κ1) is 24.1. The van der Waals surface area contributed by atoms with Crippen LogP contribution in [0.25, 0.3) is 0 Å². The van der Waals surface area contributed by atoms with E-state index in [4.69, 9.17) is 49.4 Å². The second kappa shape index (κ2) is 10.7. The minimum absolute atomic E-state index is 0.113. The Kier molecular flexibility index (Phi) is 8.89.